The Morgan fingerprint density at radius 2 is 2.10 bits per heavy atom. The van der Waals surface area contributed by atoms with Crippen molar-refractivity contribution in [2.45, 2.75) is 63.8 Å². The first-order chi connectivity index (χ1) is 14.5. The van der Waals surface area contributed by atoms with Crippen molar-refractivity contribution in [3.8, 4) is 0 Å². The lowest BCUT2D eigenvalue weighted by Gasteiger charge is -2.40. The van der Waals surface area contributed by atoms with E-state index in [1.807, 2.05) is 21.7 Å². The summed E-state index contributed by atoms with van der Waals surface area (Å²) >= 11 is 0. The second-order valence-electron chi connectivity index (χ2n) is 8.63. The zero-order valence-corrected chi connectivity index (χ0v) is 17.6. The molecule has 0 saturated carbocycles. The van der Waals surface area contributed by atoms with Gasteiger partial charge in [-0.25, -0.2) is 9.37 Å². The van der Waals surface area contributed by atoms with Gasteiger partial charge in [-0.2, -0.15) is 0 Å². The number of imidazole rings is 1. The van der Waals surface area contributed by atoms with E-state index in [2.05, 4.69) is 16.8 Å². The molecule has 0 radical (unpaired) electrons. The zero-order chi connectivity index (χ0) is 21.1. The van der Waals surface area contributed by atoms with E-state index in [0.717, 1.165) is 37.2 Å². The first kappa shape index (κ1) is 21.0. The average molecular weight is 415 g/mol. The molecule has 3 heterocycles. The number of nitrogens with zero attached hydrogens (tertiary/aromatic N) is 4. The third-order valence-corrected chi connectivity index (χ3v) is 6.51. The molecule has 6 nitrogen and oxygen atoms in total. The first-order valence-electron chi connectivity index (χ1n) is 11.0. The van der Waals surface area contributed by atoms with Crippen molar-refractivity contribution in [3.63, 3.8) is 0 Å². The number of benzene rings is 1. The second-order valence-corrected chi connectivity index (χ2v) is 8.63. The summed E-state index contributed by atoms with van der Waals surface area (Å²) in [5, 5.41) is 11.1. The van der Waals surface area contributed by atoms with Crippen LogP contribution in [0, 0.1) is 5.82 Å². The van der Waals surface area contributed by atoms with Gasteiger partial charge < -0.3 is 14.6 Å². The number of aryl methyl sites for hydroxylation is 1. The minimum Gasteiger partial charge on any atom is -0.388 e. The zero-order valence-electron chi connectivity index (χ0n) is 17.6. The highest BCUT2D eigenvalue weighted by molar-refractivity contribution is 5.82. The molecular formula is C23H31FN4O2. The standard InChI is InChI=1S/C23H31FN4O2/c1-2-21-25-10-14-28(21)17-23(30)8-12-26(13-9-23)22(29)20-7-4-11-27(20)16-18-5-3-6-19(24)15-18/h3,5-6,10,14-15,20,30H,2,4,7-9,11-13,16-17H2,1H3. The summed E-state index contributed by atoms with van der Waals surface area (Å²) in [6, 6.07) is 6.46. The Labute approximate surface area is 177 Å². The van der Waals surface area contributed by atoms with Crippen LogP contribution in [0.1, 0.15) is 44.0 Å². The molecule has 1 amide bonds. The summed E-state index contributed by atoms with van der Waals surface area (Å²) in [4.78, 5) is 21.6. The van der Waals surface area contributed by atoms with Crippen molar-refractivity contribution in [1.29, 1.82) is 0 Å². The quantitative estimate of drug-likeness (QED) is 0.789. The van der Waals surface area contributed by atoms with E-state index in [1.165, 1.54) is 6.07 Å². The molecule has 2 aliphatic heterocycles. The van der Waals surface area contributed by atoms with Gasteiger partial charge in [0.05, 0.1) is 18.2 Å². The Bertz CT molecular complexity index is 876. The van der Waals surface area contributed by atoms with Gasteiger partial charge in [0, 0.05) is 38.4 Å². The van der Waals surface area contributed by atoms with Crippen LogP contribution < -0.4 is 0 Å². The Morgan fingerprint density at radius 3 is 2.83 bits per heavy atom. The van der Waals surface area contributed by atoms with Crippen LogP contribution in [0.4, 0.5) is 4.39 Å². The number of rotatable bonds is 6. The van der Waals surface area contributed by atoms with Gasteiger partial charge in [0.1, 0.15) is 11.6 Å². The first-order valence-corrected chi connectivity index (χ1v) is 11.0. The van der Waals surface area contributed by atoms with Gasteiger partial charge in [0.25, 0.3) is 0 Å². The van der Waals surface area contributed by atoms with Crippen molar-refractivity contribution in [2.75, 3.05) is 19.6 Å². The SMILES string of the molecule is CCc1nccn1CC1(O)CCN(C(=O)C2CCCN2Cc2cccc(F)c2)CC1. The van der Waals surface area contributed by atoms with E-state index in [0.29, 0.717) is 39.0 Å². The summed E-state index contributed by atoms with van der Waals surface area (Å²) in [6.45, 7) is 5.15. The molecule has 1 aromatic carbocycles. The molecule has 0 spiro atoms. The molecule has 1 aromatic heterocycles. The van der Waals surface area contributed by atoms with E-state index in [9.17, 15) is 14.3 Å². The number of hydrogen-bond acceptors (Lipinski definition) is 4. The van der Waals surface area contributed by atoms with Gasteiger partial charge in [-0.1, -0.05) is 19.1 Å². The molecule has 1 N–H and O–H groups in total. The van der Waals surface area contributed by atoms with Crippen LogP contribution in [0.2, 0.25) is 0 Å². The molecule has 7 heteroatoms. The van der Waals surface area contributed by atoms with Gasteiger partial charge in [-0.15, -0.1) is 0 Å². The lowest BCUT2D eigenvalue weighted by Crippen LogP contribution is -2.53. The largest absolute Gasteiger partial charge is 0.388 e. The summed E-state index contributed by atoms with van der Waals surface area (Å²) in [6.07, 6.45) is 7.46. The van der Waals surface area contributed by atoms with Crippen molar-refractivity contribution >= 4 is 5.91 Å². The lowest BCUT2D eigenvalue weighted by molar-refractivity contribution is -0.140. The van der Waals surface area contributed by atoms with E-state index < -0.39 is 5.60 Å². The van der Waals surface area contributed by atoms with Crippen molar-refractivity contribution in [3.05, 3.63) is 53.9 Å². The highest BCUT2D eigenvalue weighted by Crippen LogP contribution is 2.28. The predicted octanol–water partition coefficient (Wildman–Crippen LogP) is 2.60. The molecule has 1 unspecified atom stereocenters. The number of aromatic nitrogens is 2. The topological polar surface area (TPSA) is 61.6 Å². The third kappa shape index (κ3) is 4.57. The predicted molar refractivity (Wildman–Crippen MR) is 112 cm³/mol. The Morgan fingerprint density at radius 1 is 1.30 bits per heavy atom. The molecule has 2 aliphatic rings. The van der Waals surface area contributed by atoms with Crippen molar-refractivity contribution in [1.82, 2.24) is 19.4 Å². The van der Waals surface area contributed by atoms with Crippen LogP contribution in [0.5, 0.6) is 0 Å². The fraction of sp³-hybridized carbons (Fsp3) is 0.565. The fourth-order valence-corrected chi connectivity index (χ4v) is 4.79. The van der Waals surface area contributed by atoms with E-state index in [-0.39, 0.29) is 17.8 Å². The van der Waals surface area contributed by atoms with Gasteiger partial charge >= 0.3 is 0 Å². The van der Waals surface area contributed by atoms with Crippen LogP contribution in [-0.2, 0) is 24.3 Å². The van der Waals surface area contributed by atoms with Gasteiger partial charge in [0.2, 0.25) is 5.91 Å². The summed E-state index contributed by atoms with van der Waals surface area (Å²) in [5.74, 6) is 0.873. The Hall–Kier alpha value is -2.25. The van der Waals surface area contributed by atoms with Gasteiger partial charge in [0.15, 0.2) is 0 Å². The monoisotopic (exact) mass is 414 g/mol. The Balaban J connectivity index is 1.35. The molecular weight excluding hydrogens is 383 g/mol. The maximum absolute atomic E-state index is 13.5. The molecule has 1 atom stereocenters. The number of amides is 1. The number of aliphatic hydroxyl groups is 1. The molecule has 0 bridgehead atoms. The van der Waals surface area contributed by atoms with E-state index in [1.54, 1.807) is 18.3 Å². The van der Waals surface area contributed by atoms with Crippen molar-refractivity contribution in [2.24, 2.45) is 0 Å². The molecule has 0 aliphatic carbocycles. The van der Waals surface area contributed by atoms with Crippen molar-refractivity contribution < 1.29 is 14.3 Å². The summed E-state index contributed by atoms with van der Waals surface area (Å²) < 4.78 is 15.5. The number of carbonyl (C=O) groups is 1. The Kier molecular flexibility index (Phi) is 6.20. The average Bonchev–Trinajstić information content (AvgIpc) is 3.37. The molecule has 2 saturated heterocycles. The van der Waals surface area contributed by atoms with Gasteiger partial charge in [-0.3, -0.25) is 9.69 Å². The normalized spacial score (nSPS) is 21.8. The summed E-state index contributed by atoms with van der Waals surface area (Å²) in [7, 11) is 0. The lowest BCUT2D eigenvalue weighted by atomic mass is 9.90. The molecule has 162 valence electrons. The number of hydrogen-bond donors (Lipinski definition) is 1. The van der Waals surface area contributed by atoms with Crippen LogP contribution in [0.25, 0.3) is 0 Å². The number of carbonyl (C=O) groups excluding carboxylic acids is 1. The maximum Gasteiger partial charge on any atom is 0.239 e. The van der Waals surface area contributed by atoms with Crippen LogP contribution >= 0.6 is 0 Å². The smallest absolute Gasteiger partial charge is 0.239 e. The molecule has 2 aromatic rings. The van der Waals surface area contributed by atoms with Crippen LogP contribution in [0.15, 0.2) is 36.7 Å². The number of likely N-dealkylation sites (tertiary alicyclic amines) is 2. The number of halogens is 1. The van der Waals surface area contributed by atoms with E-state index >= 15 is 0 Å². The maximum atomic E-state index is 13.5. The molecule has 4 rings (SSSR count). The fourth-order valence-electron chi connectivity index (χ4n) is 4.79. The van der Waals surface area contributed by atoms with Crippen LogP contribution in [-0.4, -0.2) is 61.6 Å². The second kappa shape index (κ2) is 8.86. The molecule has 30 heavy (non-hydrogen) atoms. The summed E-state index contributed by atoms with van der Waals surface area (Å²) in [5.41, 5.74) is 0.0907. The van der Waals surface area contributed by atoms with Crippen LogP contribution in [0.3, 0.4) is 0 Å². The van der Waals surface area contributed by atoms with E-state index in [4.69, 9.17) is 0 Å². The minimum absolute atomic E-state index is 0.142. The third-order valence-electron chi connectivity index (χ3n) is 6.51. The van der Waals surface area contributed by atoms with Gasteiger partial charge in [-0.05, 0) is 49.9 Å². The minimum atomic E-state index is -0.807. The molecule has 2 fully saturated rings. The highest BCUT2D eigenvalue weighted by Gasteiger charge is 2.39. The number of piperidine rings is 1. The highest BCUT2D eigenvalue weighted by atomic mass is 19.1.